The number of halogens is 1. The molecule has 0 aromatic heterocycles. The first-order valence-electron chi connectivity index (χ1n) is 4.89. The summed E-state index contributed by atoms with van der Waals surface area (Å²) in [4.78, 5) is 0. The minimum Gasteiger partial charge on any atom is -0.495 e. The van der Waals surface area contributed by atoms with Crippen molar-refractivity contribution in [2.45, 2.75) is 13.8 Å². The molecular formula is C13H15ClO. The van der Waals surface area contributed by atoms with Crippen LogP contribution in [0.4, 0.5) is 0 Å². The second-order valence-corrected chi connectivity index (χ2v) is 3.67. The van der Waals surface area contributed by atoms with E-state index in [2.05, 4.69) is 6.58 Å². The number of hydrogen-bond acceptors (Lipinski definition) is 1. The molecule has 0 fully saturated rings. The van der Waals surface area contributed by atoms with Gasteiger partial charge in [-0.15, -0.1) is 0 Å². The summed E-state index contributed by atoms with van der Waals surface area (Å²) in [5, 5.41) is 0.738. The number of ether oxygens (including phenoxy) is 1. The molecule has 0 unspecified atom stereocenters. The maximum atomic E-state index is 5.91. The fraction of sp³-hybridized carbons (Fsp3) is 0.231. The van der Waals surface area contributed by atoms with Crippen molar-refractivity contribution in [3.8, 4) is 0 Å². The van der Waals surface area contributed by atoms with Gasteiger partial charge in [0.15, 0.2) is 0 Å². The van der Waals surface area contributed by atoms with Crippen LogP contribution < -0.4 is 0 Å². The molecule has 80 valence electrons. The fourth-order valence-corrected chi connectivity index (χ4v) is 1.39. The van der Waals surface area contributed by atoms with E-state index in [-0.39, 0.29) is 0 Å². The Hall–Kier alpha value is -1.21. The average molecular weight is 223 g/mol. The van der Waals surface area contributed by atoms with Gasteiger partial charge in [-0.2, -0.15) is 0 Å². The highest BCUT2D eigenvalue weighted by Gasteiger charge is 1.95. The first-order chi connectivity index (χ1) is 7.13. The number of benzene rings is 1. The van der Waals surface area contributed by atoms with Crippen molar-refractivity contribution in [3.05, 3.63) is 52.8 Å². The van der Waals surface area contributed by atoms with Gasteiger partial charge in [0.25, 0.3) is 0 Å². The van der Waals surface area contributed by atoms with Crippen LogP contribution >= 0.6 is 11.6 Å². The van der Waals surface area contributed by atoms with E-state index in [1.165, 1.54) is 5.56 Å². The van der Waals surface area contributed by atoms with E-state index >= 15 is 0 Å². The van der Waals surface area contributed by atoms with Crippen LogP contribution in [0.1, 0.15) is 18.1 Å². The molecular weight excluding hydrogens is 208 g/mol. The highest BCUT2D eigenvalue weighted by atomic mass is 35.5. The highest BCUT2D eigenvalue weighted by molar-refractivity contribution is 6.30. The standard InChI is InChI=1S/C13H15ClO/c1-4-15-11(3)6-7-12-9-13(14)8-5-10(12)2/h5-9H,3-4H2,1-2H3/b7-6+. The number of rotatable bonds is 4. The number of hydrogen-bond donors (Lipinski definition) is 0. The topological polar surface area (TPSA) is 9.23 Å². The summed E-state index contributed by atoms with van der Waals surface area (Å²) < 4.78 is 5.22. The molecule has 2 heteroatoms. The van der Waals surface area contributed by atoms with Crippen LogP contribution in [0.2, 0.25) is 5.02 Å². The molecule has 0 aliphatic carbocycles. The predicted octanol–water partition coefficient (Wildman–Crippen LogP) is 4.21. The summed E-state index contributed by atoms with van der Waals surface area (Å²) in [5.41, 5.74) is 2.27. The van der Waals surface area contributed by atoms with Gasteiger partial charge in [-0.05, 0) is 43.2 Å². The van der Waals surface area contributed by atoms with Gasteiger partial charge in [-0.1, -0.05) is 30.3 Å². The summed E-state index contributed by atoms with van der Waals surface area (Å²) in [6, 6.07) is 5.80. The van der Waals surface area contributed by atoms with Crippen molar-refractivity contribution in [3.63, 3.8) is 0 Å². The molecule has 0 heterocycles. The third-order valence-electron chi connectivity index (χ3n) is 2.02. The zero-order valence-corrected chi connectivity index (χ0v) is 9.84. The molecule has 0 spiro atoms. The van der Waals surface area contributed by atoms with Crippen molar-refractivity contribution in [1.29, 1.82) is 0 Å². The zero-order valence-electron chi connectivity index (χ0n) is 9.09. The Kier molecular flexibility index (Phi) is 4.44. The van der Waals surface area contributed by atoms with Crippen molar-refractivity contribution in [2.24, 2.45) is 0 Å². The monoisotopic (exact) mass is 222 g/mol. The van der Waals surface area contributed by atoms with Gasteiger partial charge in [0.1, 0.15) is 5.76 Å². The Balaban J connectivity index is 2.79. The molecule has 0 N–H and O–H groups in total. The molecule has 0 bridgehead atoms. The van der Waals surface area contributed by atoms with Crippen LogP contribution in [0.15, 0.2) is 36.6 Å². The lowest BCUT2D eigenvalue weighted by Crippen LogP contribution is -1.86. The molecule has 0 atom stereocenters. The molecule has 0 aliphatic heterocycles. The van der Waals surface area contributed by atoms with E-state index in [0.717, 1.165) is 10.6 Å². The normalized spacial score (nSPS) is 10.6. The minimum absolute atomic E-state index is 0.637. The third kappa shape index (κ3) is 3.80. The molecule has 15 heavy (non-hydrogen) atoms. The summed E-state index contributed by atoms with van der Waals surface area (Å²) in [6.45, 7) is 8.38. The number of allylic oxidation sites excluding steroid dienone is 1. The van der Waals surface area contributed by atoms with Gasteiger partial charge >= 0.3 is 0 Å². The average Bonchev–Trinajstić information content (AvgIpc) is 2.20. The second kappa shape index (κ2) is 5.62. The van der Waals surface area contributed by atoms with Crippen LogP contribution in [0.5, 0.6) is 0 Å². The van der Waals surface area contributed by atoms with Crippen molar-refractivity contribution >= 4 is 17.7 Å². The lowest BCUT2D eigenvalue weighted by Gasteiger charge is -2.02. The predicted molar refractivity (Wildman–Crippen MR) is 66.0 cm³/mol. The Morgan fingerprint density at radius 2 is 2.27 bits per heavy atom. The Morgan fingerprint density at radius 1 is 1.53 bits per heavy atom. The molecule has 0 radical (unpaired) electrons. The van der Waals surface area contributed by atoms with E-state index in [1.807, 2.05) is 44.2 Å². The first-order valence-corrected chi connectivity index (χ1v) is 5.27. The van der Waals surface area contributed by atoms with Gasteiger partial charge in [0.05, 0.1) is 6.61 Å². The molecule has 0 saturated heterocycles. The first kappa shape index (κ1) is 11.9. The van der Waals surface area contributed by atoms with Gasteiger partial charge in [0.2, 0.25) is 0 Å². The lowest BCUT2D eigenvalue weighted by atomic mass is 10.1. The highest BCUT2D eigenvalue weighted by Crippen LogP contribution is 2.17. The molecule has 1 nitrogen and oxygen atoms in total. The van der Waals surface area contributed by atoms with E-state index < -0.39 is 0 Å². The minimum atomic E-state index is 0.637. The van der Waals surface area contributed by atoms with Crippen molar-refractivity contribution in [1.82, 2.24) is 0 Å². The van der Waals surface area contributed by atoms with Gasteiger partial charge < -0.3 is 4.74 Å². The van der Waals surface area contributed by atoms with Gasteiger partial charge in [-0.3, -0.25) is 0 Å². The quantitative estimate of drug-likeness (QED) is 0.548. The summed E-state index contributed by atoms with van der Waals surface area (Å²) in [7, 11) is 0. The fourth-order valence-electron chi connectivity index (χ4n) is 1.21. The molecule has 1 aromatic carbocycles. The Labute approximate surface area is 96.0 Å². The summed E-state index contributed by atoms with van der Waals surface area (Å²) in [5.74, 6) is 0.664. The second-order valence-electron chi connectivity index (χ2n) is 3.23. The van der Waals surface area contributed by atoms with Crippen molar-refractivity contribution in [2.75, 3.05) is 6.61 Å². The number of aryl methyl sites for hydroxylation is 1. The molecule has 1 rings (SSSR count). The van der Waals surface area contributed by atoms with E-state index in [9.17, 15) is 0 Å². The maximum Gasteiger partial charge on any atom is 0.112 e. The smallest absolute Gasteiger partial charge is 0.112 e. The van der Waals surface area contributed by atoms with Crippen molar-refractivity contribution < 1.29 is 4.74 Å². The lowest BCUT2D eigenvalue weighted by molar-refractivity contribution is 0.244. The molecule has 0 saturated carbocycles. The maximum absolute atomic E-state index is 5.91. The van der Waals surface area contributed by atoms with E-state index in [4.69, 9.17) is 16.3 Å². The SMILES string of the molecule is C=C(/C=C/c1cc(Cl)ccc1C)OCC. The Morgan fingerprint density at radius 3 is 2.93 bits per heavy atom. The summed E-state index contributed by atoms with van der Waals surface area (Å²) >= 11 is 5.91. The van der Waals surface area contributed by atoms with Crippen LogP contribution in [0, 0.1) is 6.92 Å². The van der Waals surface area contributed by atoms with Crippen LogP contribution in [-0.2, 0) is 4.74 Å². The van der Waals surface area contributed by atoms with Gasteiger partial charge in [-0.25, -0.2) is 0 Å². The molecule has 0 amide bonds. The largest absolute Gasteiger partial charge is 0.495 e. The van der Waals surface area contributed by atoms with E-state index in [0.29, 0.717) is 12.4 Å². The van der Waals surface area contributed by atoms with Gasteiger partial charge in [0, 0.05) is 5.02 Å². The third-order valence-corrected chi connectivity index (χ3v) is 2.25. The molecule has 0 aliphatic rings. The van der Waals surface area contributed by atoms with Crippen LogP contribution in [-0.4, -0.2) is 6.61 Å². The van der Waals surface area contributed by atoms with Crippen LogP contribution in [0.3, 0.4) is 0 Å². The molecule has 1 aromatic rings. The van der Waals surface area contributed by atoms with E-state index in [1.54, 1.807) is 0 Å². The zero-order chi connectivity index (χ0) is 11.3. The van der Waals surface area contributed by atoms with Crippen LogP contribution in [0.25, 0.3) is 6.08 Å². The summed E-state index contributed by atoms with van der Waals surface area (Å²) in [6.07, 6.45) is 3.81. The Bertz CT molecular complexity index is 380.